The van der Waals surface area contributed by atoms with Crippen LogP contribution in [0.25, 0.3) is 11.1 Å². The molecule has 3 aromatic carbocycles. The Balaban J connectivity index is 1.26. The van der Waals surface area contributed by atoms with Gasteiger partial charge in [0.1, 0.15) is 17.5 Å². The first-order valence-corrected chi connectivity index (χ1v) is 12.8. The molecule has 34 heavy (non-hydrogen) atoms. The molecule has 1 saturated carbocycles. The maximum atomic E-state index is 14.7. The summed E-state index contributed by atoms with van der Waals surface area (Å²) >= 11 is 5.69. The van der Waals surface area contributed by atoms with E-state index in [9.17, 15) is 13.2 Å². The second kappa shape index (κ2) is 11.4. The van der Waals surface area contributed by atoms with Crippen LogP contribution in [-0.2, 0) is 19.3 Å². The van der Waals surface area contributed by atoms with E-state index in [2.05, 4.69) is 31.2 Å². The third-order valence-electron chi connectivity index (χ3n) is 7.39. The van der Waals surface area contributed by atoms with E-state index in [1.807, 2.05) is 0 Å². The molecule has 4 heteroatoms. The van der Waals surface area contributed by atoms with E-state index < -0.39 is 17.5 Å². The maximum absolute atomic E-state index is 14.7. The Morgan fingerprint density at radius 1 is 0.676 bits per heavy atom. The van der Waals surface area contributed by atoms with Crippen molar-refractivity contribution in [2.45, 2.75) is 64.7 Å². The molecule has 1 aliphatic rings. The van der Waals surface area contributed by atoms with E-state index in [1.165, 1.54) is 67.5 Å². The van der Waals surface area contributed by atoms with Crippen LogP contribution < -0.4 is 0 Å². The Bertz CT molecular complexity index is 1080. The molecule has 0 nitrogen and oxygen atoms in total. The van der Waals surface area contributed by atoms with Crippen molar-refractivity contribution in [2.75, 3.05) is 0 Å². The van der Waals surface area contributed by atoms with Crippen molar-refractivity contribution >= 4 is 11.6 Å². The van der Waals surface area contributed by atoms with E-state index in [-0.39, 0.29) is 16.1 Å². The smallest absolute Gasteiger partial charge is 0.142 e. The Morgan fingerprint density at radius 3 is 1.74 bits per heavy atom. The number of aryl methyl sites for hydroxylation is 3. The lowest BCUT2D eigenvalue weighted by Crippen LogP contribution is -2.16. The molecule has 0 atom stereocenters. The molecule has 0 bridgehead atoms. The predicted octanol–water partition coefficient (Wildman–Crippen LogP) is 9.36. The summed E-state index contributed by atoms with van der Waals surface area (Å²) in [6, 6.07) is 15.6. The van der Waals surface area contributed by atoms with E-state index in [0.29, 0.717) is 17.9 Å². The molecule has 0 saturated heterocycles. The zero-order valence-corrected chi connectivity index (χ0v) is 20.5. The topological polar surface area (TPSA) is 0 Å². The Kier molecular flexibility index (Phi) is 8.37. The van der Waals surface area contributed by atoms with Gasteiger partial charge in [0, 0.05) is 0 Å². The quantitative estimate of drug-likeness (QED) is 0.298. The fraction of sp³-hybridized carbons (Fsp3) is 0.400. The van der Waals surface area contributed by atoms with Crippen LogP contribution in [0, 0.1) is 29.3 Å². The summed E-state index contributed by atoms with van der Waals surface area (Å²) < 4.78 is 43.2. The van der Waals surface area contributed by atoms with Crippen LogP contribution in [-0.4, -0.2) is 0 Å². The average molecular weight is 485 g/mol. The third kappa shape index (κ3) is 6.24. The molecule has 0 amide bonds. The van der Waals surface area contributed by atoms with E-state index >= 15 is 0 Å². The SMILES string of the molecule is CCc1ccc(CCC2CCC(CCc3cc(F)c(-c4ccc(Cl)c(F)c4)c(F)c3)CC2)cc1. The van der Waals surface area contributed by atoms with Crippen LogP contribution in [0.3, 0.4) is 0 Å². The van der Waals surface area contributed by atoms with E-state index in [0.717, 1.165) is 31.2 Å². The molecule has 4 rings (SSSR count). The van der Waals surface area contributed by atoms with Crippen molar-refractivity contribution in [1.29, 1.82) is 0 Å². The van der Waals surface area contributed by atoms with Gasteiger partial charge in [0.15, 0.2) is 0 Å². The minimum atomic E-state index is -0.688. The third-order valence-corrected chi connectivity index (χ3v) is 7.70. The summed E-state index contributed by atoms with van der Waals surface area (Å²) in [5.74, 6) is -0.626. The van der Waals surface area contributed by atoms with Crippen LogP contribution in [0.1, 0.15) is 62.1 Å². The monoisotopic (exact) mass is 484 g/mol. The molecular weight excluding hydrogens is 453 g/mol. The van der Waals surface area contributed by atoms with Gasteiger partial charge in [-0.1, -0.05) is 74.5 Å². The molecular formula is C30H32ClF3. The van der Waals surface area contributed by atoms with Crippen molar-refractivity contribution in [3.63, 3.8) is 0 Å². The molecule has 0 aliphatic heterocycles. The second-order valence-electron chi connectivity index (χ2n) is 9.70. The molecule has 0 heterocycles. The Labute approximate surface area is 206 Å². The van der Waals surface area contributed by atoms with Gasteiger partial charge in [0.2, 0.25) is 0 Å². The highest BCUT2D eigenvalue weighted by molar-refractivity contribution is 6.30. The Morgan fingerprint density at radius 2 is 1.21 bits per heavy atom. The van der Waals surface area contributed by atoms with Crippen molar-refractivity contribution in [1.82, 2.24) is 0 Å². The largest absolute Gasteiger partial charge is 0.206 e. The van der Waals surface area contributed by atoms with Gasteiger partial charge in [-0.25, -0.2) is 13.2 Å². The lowest BCUT2D eigenvalue weighted by atomic mass is 9.77. The summed E-state index contributed by atoms with van der Waals surface area (Å²) in [5.41, 5.74) is 3.42. The number of rotatable bonds is 8. The molecule has 0 N–H and O–H groups in total. The average Bonchev–Trinajstić information content (AvgIpc) is 2.84. The van der Waals surface area contributed by atoms with Crippen molar-refractivity contribution < 1.29 is 13.2 Å². The molecule has 3 aromatic rings. The summed E-state index contributed by atoms with van der Waals surface area (Å²) in [6.07, 6.45) is 9.91. The first-order valence-electron chi connectivity index (χ1n) is 12.4. The molecule has 0 spiro atoms. The fourth-order valence-electron chi connectivity index (χ4n) is 5.19. The lowest BCUT2D eigenvalue weighted by molar-refractivity contribution is 0.253. The molecule has 1 aliphatic carbocycles. The standard InChI is InChI=1S/C30H32ClF3/c1-2-20-3-5-21(6-4-20)7-8-22-9-11-23(12-10-22)13-14-24-17-28(33)30(29(34)18-24)25-15-16-26(31)27(32)19-25/h3-6,15-19,22-23H,2,7-14H2,1H3. The van der Waals surface area contributed by atoms with Crippen LogP contribution in [0.5, 0.6) is 0 Å². The second-order valence-corrected chi connectivity index (χ2v) is 10.1. The van der Waals surface area contributed by atoms with Crippen LogP contribution in [0.2, 0.25) is 5.02 Å². The Hall–Kier alpha value is -2.26. The molecule has 0 aromatic heterocycles. The van der Waals surface area contributed by atoms with Gasteiger partial charge in [-0.2, -0.15) is 0 Å². The van der Waals surface area contributed by atoms with Crippen LogP contribution in [0.4, 0.5) is 13.2 Å². The van der Waals surface area contributed by atoms with Gasteiger partial charge in [0.05, 0.1) is 10.6 Å². The number of hydrogen-bond acceptors (Lipinski definition) is 0. The van der Waals surface area contributed by atoms with Gasteiger partial charge >= 0.3 is 0 Å². The van der Waals surface area contributed by atoms with Crippen LogP contribution >= 0.6 is 11.6 Å². The maximum Gasteiger partial charge on any atom is 0.142 e. The highest BCUT2D eigenvalue weighted by atomic mass is 35.5. The first kappa shape index (κ1) is 24.9. The number of hydrogen-bond donors (Lipinski definition) is 0. The first-order chi connectivity index (χ1) is 16.4. The van der Waals surface area contributed by atoms with Crippen molar-refractivity contribution in [3.8, 4) is 11.1 Å². The van der Waals surface area contributed by atoms with Gasteiger partial charge in [-0.3, -0.25) is 0 Å². The van der Waals surface area contributed by atoms with Gasteiger partial charge in [0.25, 0.3) is 0 Å². The lowest BCUT2D eigenvalue weighted by Gasteiger charge is -2.28. The zero-order chi connectivity index (χ0) is 24.1. The summed E-state index contributed by atoms with van der Waals surface area (Å²) in [7, 11) is 0. The molecule has 1 fully saturated rings. The number of benzene rings is 3. The van der Waals surface area contributed by atoms with Gasteiger partial charge in [-0.15, -0.1) is 0 Å². The summed E-state index contributed by atoms with van der Waals surface area (Å²) in [4.78, 5) is 0. The summed E-state index contributed by atoms with van der Waals surface area (Å²) in [5, 5.41) is -0.0680. The van der Waals surface area contributed by atoms with E-state index in [1.54, 1.807) is 0 Å². The normalized spacial score (nSPS) is 18.3. The fourth-order valence-corrected chi connectivity index (χ4v) is 5.31. The molecule has 180 valence electrons. The van der Waals surface area contributed by atoms with Crippen molar-refractivity contribution in [3.05, 3.63) is 93.8 Å². The predicted molar refractivity (Wildman–Crippen MR) is 135 cm³/mol. The van der Waals surface area contributed by atoms with Crippen LogP contribution in [0.15, 0.2) is 54.6 Å². The van der Waals surface area contributed by atoms with Gasteiger partial charge < -0.3 is 0 Å². The molecule has 0 unspecified atom stereocenters. The van der Waals surface area contributed by atoms with Crippen molar-refractivity contribution in [2.24, 2.45) is 11.8 Å². The van der Waals surface area contributed by atoms with Gasteiger partial charge in [-0.05, 0) is 90.5 Å². The highest BCUT2D eigenvalue weighted by Gasteiger charge is 2.22. The van der Waals surface area contributed by atoms with E-state index in [4.69, 9.17) is 11.6 Å². The zero-order valence-electron chi connectivity index (χ0n) is 19.7. The minimum absolute atomic E-state index is 0.0680. The molecule has 0 radical (unpaired) electrons. The summed E-state index contributed by atoms with van der Waals surface area (Å²) in [6.45, 7) is 2.18. The highest BCUT2D eigenvalue weighted by Crippen LogP contribution is 2.35. The number of halogens is 4. The minimum Gasteiger partial charge on any atom is -0.206 e.